The summed E-state index contributed by atoms with van der Waals surface area (Å²) in [6.07, 6.45) is 3.96. The van der Waals surface area contributed by atoms with Crippen LogP contribution in [-0.2, 0) is 26.7 Å². The van der Waals surface area contributed by atoms with Crippen LogP contribution in [0.15, 0.2) is 30.6 Å². The maximum absolute atomic E-state index is 6.12. The van der Waals surface area contributed by atoms with Crippen molar-refractivity contribution in [3.8, 4) is 0 Å². The Morgan fingerprint density at radius 1 is 1.19 bits per heavy atom. The van der Waals surface area contributed by atoms with Crippen LogP contribution < -0.4 is 0 Å². The van der Waals surface area contributed by atoms with E-state index in [1.807, 2.05) is 24.4 Å². The van der Waals surface area contributed by atoms with Crippen molar-refractivity contribution < 1.29 is 0 Å². The van der Waals surface area contributed by atoms with Gasteiger partial charge in [-0.3, -0.25) is 9.80 Å². The minimum absolute atomic E-state index is 0.491. The molecule has 27 heavy (non-hydrogen) atoms. The Morgan fingerprint density at radius 2 is 2.04 bits per heavy atom. The molecule has 2 aromatic heterocycles. The van der Waals surface area contributed by atoms with Gasteiger partial charge in [-0.25, -0.2) is 9.97 Å². The highest BCUT2D eigenvalue weighted by atomic mass is 35.5. The zero-order valence-corrected chi connectivity index (χ0v) is 17.0. The van der Waals surface area contributed by atoms with Gasteiger partial charge in [-0.2, -0.15) is 0 Å². The van der Waals surface area contributed by atoms with Gasteiger partial charge in [0.15, 0.2) is 0 Å². The molecule has 0 radical (unpaired) electrons. The van der Waals surface area contributed by atoms with Crippen LogP contribution in [0.3, 0.4) is 0 Å². The highest BCUT2D eigenvalue weighted by Crippen LogP contribution is 2.21. The van der Waals surface area contributed by atoms with Gasteiger partial charge in [0.2, 0.25) is 0 Å². The van der Waals surface area contributed by atoms with Crippen molar-refractivity contribution >= 4 is 22.6 Å². The monoisotopic (exact) mass is 386 g/mol. The Hall–Kier alpha value is -1.89. The van der Waals surface area contributed by atoms with E-state index in [0.717, 1.165) is 67.0 Å². The van der Waals surface area contributed by atoms with Crippen molar-refractivity contribution in [1.82, 2.24) is 28.9 Å². The third kappa shape index (κ3) is 3.74. The fourth-order valence-corrected chi connectivity index (χ4v) is 4.14. The van der Waals surface area contributed by atoms with Crippen LogP contribution in [-0.4, -0.2) is 54.6 Å². The number of rotatable bonds is 5. The van der Waals surface area contributed by atoms with E-state index in [1.54, 1.807) is 0 Å². The molecule has 0 N–H and O–H groups in total. The number of benzene rings is 1. The molecular formula is C20H27ClN6. The van der Waals surface area contributed by atoms with E-state index in [1.165, 1.54) is 0 Å². The first-order chi connectivity index (χ1) is 13.0. The topological polar surface area (TPSA) is 42.1 Å². The zero-order valence-electron chi connectivity index (χ0n) is 16.3. The number of piperazine rings is 1. The van der Waals surface area contributed by atoms with E-state index in [0.29, 0.717) is 6.04 Å². The normalized spacial score (nSPS) is 19.2. The molecule has 0 amide bonds. The second-order valence-corrected chi connectivity index (χ2v) is 7.84. The number of imidazole rings is 2. The molecule has 4 rings (SSSR count). The number of aromatic nitrogens is 4. The van der Waals surface area contributed by atoms with Crippen molar-refractivity contribution in [1.29, 1.82) is 0 Å². The van der Waals surface area contributed by atoms with E-state index in [4.69, 9.17) is 16.6 Å². The maximum Gasteiger partial charge on any atom is 0.123 e. The number of aryl methyl sites for hydroxylation is 2. The largest absolute Gasteiger partial charge is 0.334 e. The average Bonchev–Trinajstić information content (AvgIpc) is 3.21. The van der Waals surface area contributed by atoms with Crippen LogP contribution in [0.2, 0.25) is 5.02 Å². The van der Waals surface area contributed by atoms with E-state index < -0.39 is 0 Å². The van der Waals surface area contributed by atoms with Gasteiger partial charge in [0.25, 0.3) is 0 Å². The number of fused-ring (bicyclic) bond motifs is 1. The number of nitrogens with zero attached hydrogens (tertiary/aromatic N) is 6. The van der Waals surface area contributed by atoms with Crippen LogP contribution in [0.1, 0.15) is 25.5 Å². The van der Waals surface area contributed by atoms with Gasteiger partial charge in [0, 0.05) is 56.7 Å². The number of hydrogen-bond donors (Lipinski definition) is 0. The Balaban J connectivity index is 1.42. The molecule has 1 atom stereocenters. The second-order valence-electron chi connectivity index (χ2n) is 7.40. The predicted molar refractivity (Wildman–Crippen MR) is 109 cm³/mol. The van der Waals surface area contributed by atoms with Gasteiger partial charge in [-0.1, -0.05) is 11.6 Å². The van der Waals surface area contributed by atoms with Crippen molar-refractivity contribution in [2.45, 2.75) is 39.5 Å². The zero-order chi connectivity index (χ0) is 19.0. The van der Waals surface area contributed by atoms with Crippen LogP contribution in [0.4, 0.5) is 0 Å². The smallest absolute Gasteiger partial charge is 0.123 e. The van der Waals surface area contributed by atoms with Gasteiger partial charge in [0.05, 0.1) is 24.1 Å². The van der Waals surface area contributed by atoms with Gasteiger partial charge < -0.3 is 9.13 Å². The summed E-state index contributed by atoms with van der Waals surface area (Å²) in [6.45, 7) is 10.4. The Bertz CT molecular complexity index is 930. The summed E-state index contributed by atoms with van der Waals surface area (Å²) >= 11 is 6.12. The van der Waals surface area contributed by atoms with Crippen molar-refractivity contribution in [3.63, 3.8) is 0 Å². The van der Waals surface area contributed by atoms with Gasteiger partial charge in [0.1, 0.15) is 11.6 Å². The van der Waals surface area contributed by atoms with Gasteiger partial charge in [-0.05, 0) is 32.0 Å². The fraction of sp³-hybridized carbons (Fsp3) is 0.500. The lowest BCUT2D eigenvalue weighted by Crippen LogP contribution is -2.51. The molecule has 1 saturated heterocycles. The molecule has 3 heterocycles. The summed E-state index contributed by atoms with van der Waals surface area (Å²) in [7, 11) is 2.09. The first-order valence-electron chi connectivity index (χ1n) is 9.62. The van der Waals surface area contributed by atoms with Crippen LogP contribution in [0.25, 0.3) is 11.0 Å². The highest BCUT2D eigenvalue weighted by molar-refractivity contribution is 6.31. The number of hydrogen-bond acceptors (Lipinski definition) is 4. The minimum Gasteiger partial charge on any atom is -0.334 e. The lowest BCUT2D eigenvalue weighted by atomic mass is 10.2. The molecule has 0 saturated carbocycles. The standard InChI is InChI=1S/C20H27ClN6/c1-4-26-8-7-22-19(26)14-27-10-9-25(12-15(27)2)13-20-23-17-11-16(21)5-6-18(17)24(20)3/h5-8,11,15H,4,9-10,12-14H2,1-3H3/t15-/m0/s1. The molecule has 6 nitrogen and oxygen atoms in total. The molecule has 1 aromatic carbocycles. The molecule has 0 unspecified atom stereocenters. The SMILES string of the molecule is CCn1ccnc1CN1CCN(Cc2nc3cc(Cl)ccc3n2C)C[C@@H]1C. The summed E-state index contributed by atoms with van der Waals surface area (Å²) in [5.41, 5.74) is 2.10. The summed E-state index contributed by atoms with van der Waals surface area (Å²) in [6, 6.07) is 6.41. The Kier molecular flexibility index (Phi) is 5.21. The molecule has 1 fully saturated rings. The number of halogens is 1. The van der Waals surface area contributed by atoms with Crippen LogP contribution in [0, 0.1) is 0 Å². The molecule has 0 aliphatic carbocycles. The van der Waals surface area contributed by atoms with Gasteiger partial charge in [-0.15, -0.1) is 0 Å². The molecule has 144 valence electrons. The molecule has 1 aliphatic heterocycles. The third-order valence-electron chi connectivity index (χ3n) is 5.64. The summed E-state index contributed by atoms with van der Waals surface area (Å²) in [5.74, 6) is 2.25. The Morgan fingerprint density at radius 3 is 2.81 bits per heavy atom. The minimum atomic E-state index is 0.491. The van der Waals surface area contributed by atoms with Crippen LogP contribution in [0.5, 0.6) is 0 Å². The fourth-order valence-electron chi connectivity index (χ4n) is 3.97. The molecule has 0 spiro atoms. The predicted octanol–water partition coefficient (Wildman–Crippen LogP) is 3.15. The molecule has 3 aromatic rings. The maximum atomic E-state index is 6.12. The first kappa shape index (κ1) is 18.5. The van der Waals surface area contributed by atoms with Crippen molar-refractivity contribution in [2.75, 3.05) is 19.6 Å². The van der Waals surface area contributed by atoms with E-state index in [2.05, 4.69) is 51.0 Å². The van der Waals surface area contributed by atoms with Crippen molar-refractivity contribution in [2.24, 2.45) is 7.05 Å². The highest BCUT2D eigenvalue weighted by Gasteiger charge is 2.25. The molecule has 0 bridgehead atoms. The van der Waals surface area contributed by atoms with E-state index in [-0.39, 0.29) is 0 Å². The Labute approximate surface area is 165 Å². The molecule has 1 aliphatic rings. The third-order valence-corrected chi connectivity index (χ3v) is 5.87. The average molecular weight is 387 g/mol. The summed E-state index contributed by atoms with van der Waals surface area (Å²) in [5, 5.41) is 0.736. The quantitative estimate of drug-likeness (QED) is 0.675. The van der Waals surface area contributed by atoms with Crippen molar-refractivity contribution in [3.05, 3.63) is 47.3 Å². The summed E-state index contributed by atoms with van der Waals surface area (Å²) in [4.78, 5) is 14.4. The molecule has 7 heteroatoms. The summed E-state index contributed by atoms with van der Waals surface area (Å²) < 4.78 is 4.41. The van der Waals surface area contributed by atoms with E-state index >= 15 is 0 Å². The lowest BCUT2D eigenvalue weighted by molar-refractivity contribution is 0.0686. The van der Waals surface area contributed by atoms with Gasteiger partial charge >= 0.3 is 0 Å². The van der Waals surface area contributed by atoms with E-state index in [9.17, 15) is 0 Å². The second kappa shape index (κ2) is 7.62. The van der Waals surface area contributed by atoms with Crippen LogP contribution >= 0.6 is 11.6 Å². The first-order valence-corrected chi connectivity index (χ1v) is 10.00. The molecular weight excluding hydrogens is 360 g/mol. The lowest BCUT2D eigenvalue weighted by Gasteiger charge is -2.39.